The summed E-state index contributed by atoms with van der Waals surface area (Å²) in [4.78, 5) is 3.88. The molecule has 0 radical (unpaired) electrons. The van der Waals surface area contributed by atoms with Crippen LogP contribution in [0.5, 0.6) is 5.88 Å². The molecule has 0 bridgehead atoms. The predicted molar refractivity (Wildman–Crippen MR) is 73.0 cm³/mol. The lowest BCUT2D eigenvalue weighted by Gasteiger charge is -2.26. The third-order valence-electron chi connectivity index (χ3n) is 2.64. The van der Waals surface area contributed by atoms with E-state index in [-0.39, 0.29) is 23.0 Å². The summed E-state index contributed by atoms with van der Waals surface area (Å²) in [5.41, 5.74) is 0.886. The van der Waals surface area contributed by atoms with Crippen LogP contribution in [0, 0.1) is 0 Å². The molecule has 1 heterocycles. The molecular formula is C14H21F3N2O2. The summed E-state index contributed by atoms with van der Waals surface area (Å²) < 4.78 is 41.0. The van der Waals surface area contributed by atoms with Gasteiger partial charge < -0.3 is 15.2 Å². The lowest BCUT2D eigenvalue weighted by Crippen LogP contribution is -2.37. The second-order valence-electron chi connectivity index (χ2n) is 5.91. The van der Waals surface area contributed by atoms with Crippen LogP contribution in [0.25, 0.3) is 0 Å². The predicted octanol–water partition coefficient (Wildman–Crippen LogP) is 2.96. The molecule has 1 unspecified atom stereocenters. The fraction of sp³-hybridized carbons (Fsp3) is 0.643. The molecule has 1 aromatic heterocycles. The van der Waals surface area contributed by atoms with Gasteiger partial charge in [-0.05, 0) is 39.3 Å². The van der Waals surface area contributed by atoms with Crippen LogP contribution < -0.4 is 10.1 Å². The first-order valence-electron chi connectivity index (χ1n) is 6.59. The Kier molecular flexibility index (Phi) is 5.58. The van der Waals surface area contributed by atoms with Crippen molar-refractivity contribution in [3.05, 3.63) is 23.4 Å². The topological polar surface area (TPSA) is 54.4 Å². The highest BCUT2D eigenvalue weighted by Crippen LogP contribution is 2.24. The van der Waals surface area contributed by atoms with Crippen molar-refractivity contribution in [1.29, 1.82) is 0 Å². The largest absolute Gasteiger partial charge is 0.468 e. The Hall–Kier alpha value is -1.34. The van der Waals surface area contributed by atoms with E-state index in [1.807, 2.05) is 27.7 Å². The van der Waals surface area contributed by atoms with Crippen molar-refractivity contribution < 1.29 is 23.0 Å². The lowest BCUT2D eigenvalue weighted by atomic mass is 10.0. The van der Waals surface area contributed by atoms with E-state index < -0.39 is 19.4 Å². The number of pyridine rings is 1. The molecule has 120 valence electrons. The third-order valence-corrected chi connectivity index (χ3v) is 2.64. The Bertz CT molecular complexity index is 470. The number of aromatic nitrogens is 1. The highest BCUT2D eigenvalue weighted by Gasteiger charge is 2.29. The third kappa shape index (κ3) is 6.31. The van der Waals surface area contributed by atoms with Gasteiger partial charge in [-0.15, -0.1) is 0 Å². The van der Waals surface area contributed by atoms with E-state index in [4.69, 9.17) is 0 Å². The summed E-state index contributed by atoms with van der Waals surface area (Å²) in [6.45, 7) is 6.07. The number of hydrogen-bond donors (Lipinski definition) is 2. The molecule has 0 amide bonds. The second kappa shape index (κ2) is 6.62. The van der Waals surface area contributed by atoms with Gasteiger partial charge in [-0.25, -0.2) is 4.98 Å². The maximum absolute atomic E-state index is 12.1. The number of aliphatic hydroxyl groups is 1. The van der Waals surface area contributed by atoms with Crippen LogP contribution in [0.15, 0.2) is 12.3 Å². The molecule has 4 nitrogen and oxygen atoms in total. The summed E-state index contributed by atoms with van der Waals surface area (Å²) in [6, 6.07) is 1.54. The van der Waals surface area contributed by atoms with Crippen LogP contribution >= 0.6 is 0 Å². The van der Waals surface area contributed by atoms with Crippen molar-refractivity contribution in [3.63, 3.8) is 0 Å². The summed E-state index contributed by atoms with van der Waals surface area (Å²) in [7, 11) is 0. The first kappa shape index (κ1) is 17.7. The van der Waals surface area contributed by atoms with Gasteiger partial charge in [-0.1, -0.05) is 0 Å². The van der Waals surface area contributed by atoms with Crippen LogP contribution in [0.3, 0.4) is 0 Å². The van der Waals surface area contributed by atoms with E-state index in [0.717, 1.165) is 5.56 Å². The Morgan fingerprint density at radius 1 is 1.33 bits per heavy atom. The molecule has 0 aliphatic heterocycles. The van der Waals surface area contributed by atoms with Crippen LogP contribution in [-0.4, -0.2) is 28.4 Å². The fourth-order valence-electron chi connectivity index (χ4n) is 1.88. The van der Waals surface area contributed by atoms with Crippen LogP contribution in [0.2, 0.25) is 0 Å². The molecule has 0 saturated heterocycles. The normalized spacial score (nSPS) is 14.1. The number of ether oxygens (including phenoxy) is 1. The van der Waals surface area contributed by atoms with Crippen molar-refractivity contribution >= 4 is 0 Å². The molecule has 0 aromatic carbocycles. The zero-order chi connectivity index (χ0) is 16.3. The molecule has 0 fully saturated rings. The monoisotopic (exact) mass is 306 g/mol. The van der Waals surface area contributed by atoms with Gasteiger partial charge in [0.2, 0.25) is 5.88 Å². The van der Waals surface area contributed by atoms with Crippen LogP contribution in [0.1, 0.15) is 44.9 Å². The number of rotatable bonds is 5. The maximum Gasteiger partial charge on any atom is 0.422 e. The van der Waals surface area contributed by atoms with E-state index in [2.05, 4.69) is 15.0 Å². The van der Waals surface area contributed by atoms with Crippen molar-refractivity contribution in [2.24, 2.45) is 0 Å². The summed E-state index contributed by atoms with van der Waals surface area (Å²) in [6.07, 6.45) is -2.98. The van der Waals surface area contributed by atoms with Gasteiger partial charge >= 0.3 is 6.18 Å². The quantitative estimate of drug-likeness (QED) is 0.878. The Morgan fingerprint density at radius 2 is 1.95 bits per heavy atom. The van der Waals surface area contributed by atoms with Crippen LogP contribution in [-0.2, 0) is 6.61 Å². The number of nitrogens with zero attached hydrogens (tertiary/aromatic N) is 1. The highest BCUT2D eigenvalue weighted by molar-refractivity contribution is 5.31. The van der Waals surface area contributed by atoms with Crippen molar-refractivity contribution in [3.8, 4) is 5.88 Å². The number of halogens is 3. The average Bonchev–Trinajstić information content (AvgIpc) is 2.33. The zero-order valence-corrected chi connectivity index (χ0v) is 12.6. The van der Waals surface area contributed by atoms with E-state index in [0.29, 0.717) is 0 Å². The Labute approximate surface area is 122 Å². The van der Waals surface area contributed by atoms with Gasteiger partial charge in [0.25, 0.3) is 0 Å². The van der Waals surface area contributed by atoms with Gasteiger partial charge in [0.15, 0.2) is 6.61 Å². The SMILES string of the molecule is CC(NC(C)(C)C)c1cnc(OCC(F)(F)F)c(CO)c1. The maximum atomic E-state index is 12.1. The fourth-order valence-corrected chi connectivity index (χ4v) is 1.88. The molecule has 0 aliphatic rings. The van der Waals surface area contributed by atoms with Gasteiger partial charge in [-0.2, -0.15) is 13.2 Å². The van der Waals surface area contributed by atoms with Crippen molar-refractivity contribution in [1.82, 2.24) is 10.3 Å². The molecule has 21 heavy (non-hydrogen) atoms. The molecule has 0 aliphatic carbocycles. The first-order chi connectivity index (χ1) is 9.52. The van der Waals surface area contributed by atoms with Crippen molar-refractivity contribution in [2.75, 3.05) is 6.61 Å². The molecule has 1 atom stereocenters. The van der Waals surface area contributed by atoms with Crippen molar-refractivity contribution in [2.45, 2.75) is 52.1 Å². The molecular weight excluding hydrogens is 285 g/mol. The minimum atomic E-state index is -4.44. The number of alkyl halides is 3. The Morgan fingerprint density at radius 3 is 2.43 bits per heavy atom. The molecule has 7 heteroatoms. The molecule has 1 aromatic rings. The first-order valence-corrected chi connectivity index (χ1v) is 6.59. The molecule has 0 saturated carbocycles. The lowest BCUT2D eigenvalue weighted by molar-refractivity contribution is -0.154. The summed E-state index contributed by atoms with van der Waals surface area (Å²) in [5.74, 6) is -0.193. The zero-order valence-electron chi connectivity index (χ0n) is 12.6. The average molecular weight is 306 g/mol. The molecule has 1 rings (SSSR count). The summed E-state index contributed by atoms with van der Waals surface area (Å²) in [5, 5.41) is 12.6. The molecule has 0 spiro atoms. The highest BCUT2D eigenvalue weighted by atomic mass is 19.4. The van der Waals surface area contributed by atoms with Gasteiger partial charge in [0.1, 0.15) is 0 Å². The van der Waals surface area contributed by atoms with E-state index >= 15 is 0 Å². The van der Waals surface area contributed by atoms with Gasteiger partial charge in [0, 0.05) is 23.3 Å². The molecule has 2 N–H and O–H groups in total. The number of aliphatic hydroxyl groups excluding tert-OH is 1. The van der Waals surface area contributed by atoms with E-state index in [1.165, 1.54) is 6.20 Å². The minimum Gasteiger partial charge on any atom is -0.468 e. The van der Waals surface area contributed by atoms with Gasteiger partial charge in [-0.3, -0.25) is 0 Å². The number of hydrogen-bond acceptors (Lipinski definition) is 4. The van der Waals surface area contributed by atoms with Crippen LogP contribution in [0.4, 0.5) is 13.2 Å². The summed E-state index contributed by atoms with van der Waals surface area (Å²) >= 11 is 0. The van der Waals surface area contributed by atoms with E-state index in [1.54, 1.807) is 6.07 Å². The minimum absolute atomic E-state index is 0.0560. The van der Waals surface area contributed by atoms with Gasteiger partial charge in [0.05, 0.1) is 6.61 Å². The second-order valence-corrected chi connectivity index (χ2v) is 5.91. The standard InChI is InChI=1S/C14H21F3N2O2/c1-9(19-13(2,3)4)10-5-11(7-20)12(18-6-10)21-8-14(15,16)17/h5-6,9,19-20H,7-8H2,1-4H3. The number of nitrogens with one attached hydrogen (secondary N) is 1. The Balaban J connectivity index is 2.88. The smallest absolute Gasteiger partial charge is 0.422 e. The van der Waals surface area contributed by atoms with E-state index in [9.17, 15) is 18.3 Å².